The summed E-state index contributed by atoms with van der Waals surface area (Å²) in [7, 11) is -4.20. The highest BCUT2D eigenvalue weighted by Gasteiger charge is 2.51. The van der Waals surface area contributed by atoms with Crippen LogP contribution in [0.15, 0.2) is 47.4 Å². The Morgan fingerprint density at radius 3 is 2.06 bits per heavy atom. The van der Waals surface area contributed by atoms with Crippen molar-refractivity contribution in [1.82, 2.24) is 4.31 Å². The van der Waals surface area contributed by atoms with Crippen LogP contribution in [0.25, 0.3) is 0 Å². The molecular formula is C21H21F7N2O3S. The Hall–Kier alpha value is -2.38. The van der Waals surface area contributed by atoms with E-state index in [2.05, 4.69) is 0 Å². The van der Waals surface area contributed by atoms with Gasteiger partial charge in [-0.15, -0.1) is 0 Å². The maximum atomic E-state index is 13.4. The fourth-order valence-corrected chi connectivity index (χ4v) is 5.39. The van der Waals surface area contributed by atoms with Crippen molar-refractivity contribution in [2.45, 2.75) is 42.7 Å². The molecule has 1 fully saturated rings. The van der Waals surface area contributed by atoms with E-state index < -0.39 is 51.0 Å². The number of aliphatic hydroxyl groups is 1. The van der Waals surface area contributed by atoms with Crippen LogP contribution in [0.2, 0.25) is 0 Å². The number of hydrogen-bond acceptors (Lipinski definition) is 4. The largest absolute Gasteiger partial charge is 0.421 e. The fraction of sp³-hybridized carbons (Fsp3) is 0.429. The molecule has 5 nitrogen and oxygen atoms in total. The van der Waals surface area contributed by atoms with Gasteiger partial charge in [-0.2, -0.15) is 30.6 Å². The molecule has 34 heavy (non-hydrogen) atoms. The van der Waals surface area contributed by atoms with Crippen molar-refractivity contribution in [2.75, 3.05) is 24.5 Å². The third kappa shape index (κ3) is 4.86. The van der Waals surface area contributed by atoms with Crippen molar-refractivity contribution in [3.8, 4) is 0 Å². The monoisotopic (exact) mass is 514 g/mol. The van der Waals surface area contributed by atoms with Crippen LogP contribution in [-0.4, -0.2) is 49.7 Å². The summed E-state index contributed by atoms with van der Waals surface area (Å²) in [5, 5.41) is 9.75. The summed E-state index contributed by atoms with van der Waals surface area (Å²) in [4.78, 5) is 0.982. The van der Waals surface area contributed by atoms with Crippen LogP contribution in [0.5, 0.6) is 0 Å². The number of nitrogens with zero attached hydrogens (tertiary/aromatic N) is 2. The van der Waals surface area contributed by atoms with Crippen LogP contribution in [0.1, 0.15) is 25.0 Å². The van der Waals surface area contributed by atoms with E-state index in [4.69, 9.17) is 0 Å². The third-order valence-corrected chi connectivity index (χ3v) is 7.77. The van der Waals surface area contributed by atoms with Crippen molar-refractivity contribution in [3.63, 3.8) is 0 Å². The molecule has 188 valence electrons. The van der Waals surface area contributed by atoms with E-state index in [-0.39, 0.29) is 30.2 Å². The average molecular weight is 514 g/mol. The van der Waals surface area contributed by atoms with Gasteiger partial charge in [-0.05, 0) is 49.7 Å². The lowest BCUT2D eigenvalue weighted by Gasteiger charge is -2.40. The highest BCUT2D eigenvalue weighted by molar-refractivity contribution is 7.89. The second kappa shape index (κ2) is 8.68. The normalized spacial score (nSPS) is 20.3. The van der Waals surface area contributed by atoms with Gasteiger partial charge in [0, 0.05) is 31.4 Å². The van der Waals surface area contributed by atoms with E-state index in [1.165, 1.54) is 11.8 Å². The van der Waals surface area contributed by atoms with Crippen molar-refractivity contribution in [3.05, 3.63) is 59.4 Å². The first-order chi connectivity index (χ1) is 15.5. The molecule has 0 radical (unpaired) electrons. The minimum absolute atomic E-state index is 0.126. The molecule has 13 heteroatoms. The molecule has 0 saturated carbocycles. The van der Waals surface area contributed by atoms with Gasteiger partial charge >= 0.3 is 12.4 Å². The molecular weight excluding hydrogens is 493 g/mol. The van der Waals surface area contributed by atoms with Crippen LogP contribution in [-0.2, 0) is 21.8 Å². The number of rotatable bonds is 4. The molecule has 1 unspecified atom stereocenters. The highest BCUT2D eigenvalue weighted by atomic mass is 32.2. The van der Waals surface area contributed by atoms with Gasteiger partial charge < -0.3 is 10.0 Å². The second-order valence-corrected chi connectivity index (χ2v) is 10.1. The van der Waals surface area contributed by atoms with E-state index in [9.17, 15) is 44.3 Å². The van der Waals surface area contributed by atoms with E-state index >= 15 is 0 Å². The van der Waals surface area contributed by atoms with Crippen LogP contribution in [0.4, 0.5) is 36.4 Å². The molecule has 1 N–H and O–H groups in total. The van der Waals surface area contributed by atoms with Crippen LogP contribution >= 0.6 is 0 Å². The summed E-state index contributed by atoms with van der Waals surface area (Å²) in [5.74, 6) is -1.06. The lowest BCUT2D eigenvalue weighted by Crippen LogP contribution is -2.54. The number of benzene rings is 2. The van der Waals surface area contributed by atoms with Gasteiger partial charge in [0.15, 0.2) is 5.60 Å². The molecule has 3 rings (SSSR count). The van der Waals surface area contributed by atoms with Crippen molar-refractivity contribution < 1.29 is 44.3 Å². The predicted octanol–water partition coefficient (Wildman–Crippen LogP) is 4.51. The lowest BCUT2D eigenvalue weighted by molar-refractivity contribution is -0.258. The van der Waals surface area contributed by atoms with E-state index in [1.54, 1.807) is 0 Å². The van der Waals surface area contributed by atoms with Gasteiger partial charge in [-0.1, -0.05) is 12.1 Å². The van der Waals surface area contributed by atoms with Crippen LogP contribution in [0, 0.1) is 5.82 Å². The topological polar surface area (TPSA) is 60.9 Å². The molecule has 0 spiro atoms. The molecule has 2 aromatic rings. The molecule has 0 bridgehead atoms. The summed E-state index contributed by atoms with van der Waals surface area (Å²) in [6, 6.07) is 5.03. The molecule has 0 aliphatic carbocycles. The molecule has 0 aromatic heterocycles. The molecule has 1 saturated heterocycles. The summed E-state index contributed by atoms with van der Waals surface area (Å²) in [6.45, 7) is 1.56. The summed E-state index contributed by atoms with van der Waals surface area (Å²) >= 11 is 0. The first-order valence-electron chi connectivity index (χ1n) is 9.99. The Morgan fingerprint density at radius 2 is 1.56 bits per heavy atom. The van der Waals surface area contributed by atoms with Crippen LogP contribution in [0.3, 0.4) is 0 Å². The van der Waals surface area contributed by atoms with Crippen molar-refractivity contribution >= 4 is 15.7 Å². The summed E-state index contributed by atoms with van der Waals surface area (Å²) in [5.41, 5.74) is -5.19. The highest BCUT2D eigenvalue weighted by Crippen LogP contribution is 2.40. The maximum absolute atomic E-state index is 13.4. The molecule has 1 heterocycles. The van der Waals surface area contributed by atoms with E-state index in [1.807, 2.05) is 0 Å². The lowest BCUT2D eigenvalue weighted by atomic mass is 9.96. The van der Waals surface area contributed by atoms with Crippen molar-refractivity contribution in [2.24, 2.45) is 0 Å². The zero-order chi connectivity index (χ0) is 25.7. The summed E-state index contributed by atoms with van der Waals surface area (Å²) < 4.78 is 120. The molecule has 1 aliphatic heterocycles. The molecule has 1 aliphatic rings. The van der Waals surface area contributed by atoms with Crippen molar-refractivity contribution in [1.29, 1.82) is 0 Å². The third-order valence-electron chi connectivity index (χ3n) is 5.75. The van der Waals surface area contributed by atoms with E-state index in [0.29, 0.717) is 13.0 Å². The molecule has 0 amide bonds. The summed E-state index contributed by atoms with van der Waals surface area (Å²) in [6.07, 6.45) is -9.79. The number of halogens is 7. The zero-order valence-electron chi connectivity index (χ0n) is 18.0. The minimum atomic E-state index is -4.98. The fourth-order valence-electron chi connectivity index (χ4n) is 3.78. The van der Waals surface area contributed by atoms with Gasteiger partial charge in [0.05, 0.1) is 10.5 Å². The number of alkyl halides is 6. The number of piperazine rings is 1. The predicted molar refractivity (Wildman–Crippen MR) is 109 cm³/mol. The smallest absolute Gasteiger partial charge is 0.376 e. The van der Waals surface area contributed by atoms with Gasteiger partial charge in [0.25, 0.3) is 0 Å². The number of hydrogen-bond donors (Lipinski definition) is 1. The Morgan fingerprint density at radius 1 is 0.971 bits per heavy atom. The minimum Gasteiger partial charge on any atom is -0.376 e. The Labute approximate surface area is 191 Å². The Balaban J connectivity index is 1.84. The van der Waals surface area contributed by atoms with Gasteiger partial charge in [-0.25, -0.2) is 12.8 Å². The number of anilines is 1. The standard InChI is InChI=1S/C21H21F7N2O3S/c1-13-12-29(18-8-5-15(22)11-17(18)20(23,24)25)9-10-30(13)34(32,33)16-6-3-14(4-7-16)19(2,31)21(26,27)28/h3-8,11,13,31H,9-10,12H2,1-2H3/t13-,19?/m1/s1. The molecule has 2 atom stereocenters. The first-order valence-corrected chi connectivity index (χ1v) is 11.4. The van der Waals surface area contributed by atoms with Crippen LogP contribution < -0.4 is 4.90 Å². The quantitative estimate of drug-likeness (QED) is 0.610. The SMILES string of the molecule is C[C@@H]1CN(c2ccc(F)cc2C(F)(F)F)CCN1S(=O)(=O)c1ccc(C(C)(O)C(F)(F)F)cc1. The second-order valence-electron chi connectivity index (χ2n) is 8.16. The first kappa shape index (κ1) is 26.2. The molecule has 2 aromatic carbocycles. The number of sulfonamides is 1. The Bertz CT molecular complexity index is 1150. The zero-order valence-corrected chi connectivity index (χ0v) is 18.8. The average Bonchev–Trinajstić information content (AvgIpc) is 2.72. The van der Waals surface area contributed by atoms with E-state index in [0.717, 1.165) is 40.7 Å². The van der Waals surface area contributed by atoms with Gasteiger partial charge in [-0.3, -0.25) is 0 Å². The maximum Gasteiger partial charge on any atom is 0.421 e. The van der Waals surface area contributed by atoms with Gasteiger partial charge in [0.2, 0.25) is 10.0 Å². The van der Waals surface area contributed by atoms with Gasteiger partial charge in [0.1, 0.15) is 5.82 Å². The Kier molecular flexibility index (Phi) is 6.70.